The van der Waals surface area contributed by atoms with E-state index in [9.17, 15) is 4.79 Å². The number of H-pyrrole nitrogens is 1. The molecule has 1 aliphatic rings. The zero-order chi connectivity index (χ0) is 16.5. The molecule has 1 fully saturated rings. The number of hydrogen-bond acceptors (Lipinski definition) is 5. The van der Waals surface area contributed by atoms with E-state index in [0.717, 1.165) is 42.6 Å². The number of benzene rings is 1. The third-order valence-corrected chi connectivity index (χ3v) is 4.79. The molecule has 3 heterocycles. The van der Waals surface area contributed by atoms with Crippen LogP contribution in [0.4, 0.5) is 0 Å². The number of nitrogens with one attached hydrogen (secondary N) is 1. The number of aromatic amines is 1. The molecule has 1 atom stereocenters. The Labute approximate surface area is 139 Å². The second-order valence-corrected chi connectivity index (χ2v) is 6.27. The third kappa shape index (κ3) is 2.73. The summed E-state index contributed by atoms with van der Waals surface area (Å²) in [7, 11) is 0. The molecule has 24 heavy (non-hydrogen) atoms. The van der Waals surface area contributed by atoms with Crippen LogP contribution in [0.3, 0.4) is 0 Å². The Morgan fingerprint density at radius 1 is 1.38 bits per heavy atom. The van der Waals surface area contributed by atoms with Crippen LogP contribution in [0.2, 0.25) is 0 Å². The van der Waals surface area contributed by atoms with Crippen molar-refractivity contribution in [1.82, 2.24) is 20.1 Å². The van der Waals surface area contributed by atoms with Crippen molar-refractivity contribution in [1.29, 1.82) is 0 Å². The SMILES string of the molecule is CCc1ccc2c(CN3CCC[C@@H]3c3ncn[nH]3)cc(=O)oc2c1. The minimum Gasteiger partial charge on any atom is -0.423 e. The molecule has 0 amide bonds. The van der Waals surface area contributed by atoms with Crippen molar-refractivity contribution < 1.29 is 4.42 Å². The first-order valence-corrected chi connectivity index (χ1v) is 8.39. The van der Waals surface area contributed by atoms with Crippen LogP contribution in [-0.4, -0.2) is 26.6 Å². The second-order valence-electron chi connectivity index (χ2n) is 6.27. The zero-order valence-corrected chi connectivity index (χ0v) is 13.7. The molecule has 0 saturated carbocycles. The topological polar surface area (TPSA) is 75.0 Å². The predicted octanol–water partition coefficient (Wildman–Crippen LogP) is 2.81. The molecular weight excluding hydrogens is 304 g/mol. The fraction of sp³-hybridized carbons (Fsp3) is 0.389. The van der Waals surface area contributed by atoms with E-state index in [1.807, 2.05) is 6.07 Å². The maximum atomic E-state index is 12.0. The molecule has 1 saturated heterocycles. The van der Waals surface area contributed by atoms with Gasteiger partial charge in [-0.1, -0.05) is 19.1 Å². The van der Waals surface area contributed by atoms with Crippen molar-refractivity contribution in [3.8, 4) is 0 Å². The molecule has 124 valence electrons. The van der Waals surface area contributed by atoms with Gasteiger partial charge in [0.15, 0.2) is 0 Å². The Morgan fingerprint density at radius 2 is 2.29 bits per heavy atom. The van der Waals surface area contributed by atoms with Gasteiger partial charge in [0.1, 0.15) is 17.7 Å². The van der Waals surface area contributed by atoms with E-state index in [4.69, 9.17) is 4.42 Å². The van der Waals surface area contributed by atoms with Gasteiger partial charge in [-0.25, -0.2) is 9.78 Å². The number of nitrogens with zero attached hydrogens (tertiary/aromatic N) is 3. The molecular formula is C18H20N4O2. The molecule has 0 aliphatic carbocycles. The summed E-state index contributed by atoms with van der Waals surface area (Å²) in [5, 5.41) is 7.95. The third-order valence-electron chi connectivity index (χ3n) is 4.79. The Kier molecular flexibility index (Phi) is 3.90. The minimum absolute atomic E-state index is 0.227. The average molecular weight is 324 g/mol. The van der Waals surface area contributed by atoms with Crippen LogP contribution >= 0.6 is 0 Å². The van der Waals surface area contributed by atoms with Gasteiger partial charge in [0.05, 0.1) is 6.04 Å². The molecule has 2 aromatic heterocycles. The molecule has 0 unspecified atom stereocenters. The summed E-state index contributed by atoms with van der Waals surface area (Å²) in [5.41, 5.74) is 2.56. The van der Waals surface area contributed by atoms with Crippen LogP contribution in [0.1, 0.15) is 42.8 Å². The van der Waals surface area contributed by atoms with Crippen molar-refractivity contribution in [2.45, 2.75) is 38.8 Å². The fourth-order valence-electron chi connectivity index (χ4n) is 3.54. The van der Waals surface area contributed by atoms with Crippen molar-refractivity contribution in [2.75, 3.05) is 6.54 Å². The highest BCUT2D eigenvalue weighted by Gasteiger charge is 2.28. The molecule has 0 bridgehead atoms. The summed E-state index contributed by atoms with van der Waals surface area (Å²) < 4.78 is 5.41. The number of fused-ring (bicyclic) bond motifs is 1. The van der Waals surface area contributed by atoms with Crippen molar-refractivity contribution in [3.05, 3.63) is 58.0 Å². The van der Waals surface area contributed by atoms with Crippen LogP contribution < -0.4 is 5.63 Å². The van der Waals surface area contributed by atoms with Gasteiger partial charge in [-0.3, -0.25) is 10.00 Å². The summed E-state index contributed by atoms with van der Waals surface area (Å²) in [6.45, 7) is 3.79. The maximum Gasteiger partial charge on any atom is 0.336 e. The molecule has 6 nitrogen and oxygen atoms in total. The summed E-state index contributed by atoms with van der Waals surface area (Å²) in [6, 6.07) is 7.97. The molecule has 0 spiro atoms. The number of aromatic nitrogens is 3. The van der Waals surface area contributed by atoms with Crippen molar-refractivity contribution in [3.63, 3.8) is 0 Å². The van der Waals surface area contributed by atoms with Gasteiger partial charge in [-0.2, -0.15) is 5.10 Å². The van der Waals surface area contributed by atoms with Crippen LogP contribution in [0, 0.1) is 0 Å². The Morgan fingerprint density at radius 3 is 3.08 bits per heavy atom. The Bertz CT molecular complexity index is 901. The van der Waals surface area contributed by atoms with Gasteiger partial charge in [0.2, 0.25) is 0 Å². The van der Waals surface area contributed by atoms with Gasteiger partial charge >= 0.3 is 5.63 Å². The smallest absolute Gasteiger partial charge is 0.336 e. The first-order valence-electron chi connectivity index (χ1n) is 8.39. The summed E-state index contributed by atoms with van der Waals surface area (Å²) in [4.78, 5) is 18.6. The van der Waals surface area contributed by atoms with E-state index in [-0.39, 0.29) is 11.7 Å². The normalized spacial score (nSPS) is 18.5. The van der Waals surface area contributed by atoms with E-state index >= 15 is 0 Å². The first kappa shape index (κ1) is 15.1. The number of hydrogen-bond donors (Lipinski definition) is 1. The van der Waals surface area contributed by atoms with Crippen molar-refractivity contribution >= 4 is 11.0 Å². The molecule has 4 rings (SSSR count). The second kappa shape index (κ2) is 6.20. The van der Waals surface area contributed by atoms with E-state index in [1.165, 1.54) is 5.56 Å². The monoisotopic (exact) mass is 324 g/mol. The lowest BCUT2D eigenvalue weighted by atomic mass is 10.1. The highest BCUT2D eigenvalue weighted by Crippen LogP contribution is 2.32. The molecule has 1 aromatic carbocycles. The summed E-state index contributed by atoms with van der Waals surface area (Å²) >= 11 is 0. The van der Waals surface area contributed by atoms with Crippen LogP contribution in [0.25, 0.3) is 11.0 Å². The van der Waals surface area contributed by atoms with Crippen LogP contribution in [-0.2, 0) is 13.0 Å². The highest BCUT2D eigenvalue weighted by molar-refractivity contribution is 5.80. The number of likely N-dealkylation sites (tertiary alicyclic amines) is 1. The lowest BCUT2D eigenvalue weighted by Crippen LogP contribution is -2.24. The van der Waals surface area contributed by atoms with Gasteiger partial charge in [-0.15, -0.1) is 0 Å². The first-order chi connectivity index (χ1) is 11.7. The van der Waals surface area contributed by atoms with E-state index in [2.05, 4.69) is 39.1 Å². The van der Waals surface area contributed by atoms with Gasteiger partial charge in [0.25, 0.3) is 0 Å². The lowest BCUT2D eigenvalue weighted by molar-refractivity contribution is 0.240. The Hall–Kier alpha value is -2.47. The van der Waals surface area contributed by atoms with Gasteiger partial charge in [0, 0.05) is 18.0 Å². The lowest BCUT2D eigenvalue weighted by Gasteiger charge is -2.23. The summed E-state index contributed by atoms with van der Waals surface area (Å²) in [6.07, 6.45) is 4.63. The summed E-state index contributed by atoms with van der Waals surface area (Å²) in [5.74, 6) is 0.896. The number of rotatable bonds is 4. The maximum absolute atomic E-state index is 12.0. The fourth-order valence-corrected chi connectivity index (χ4v) is 3.54. The Balaban J connectivity index is 1.70. The van der Waals surface area contributed by atoms with E-state index in [1.54, 1.807) is 12.4 Å². The van der Waals surface area contributed by atoms with Crippen molar-refractivity contribution in [2.24, 2.45) is 0 Å². The van der Waals surface area contributed by atoms with E-state index in [0.29, 0.717) is 12.1 Å². The van der Waals surface area contributed by atoms with E-state index < -0.39 is 0 Å². The number of aryl methyl sites for hydroxylation is 1. The minimum atomic E-state index is -0.291. The highest BCUT2D eigenvalue weighted by atomic mass is 16.4. The molecule has 0 radical (unpaired) electrons. The van der Waals surface area contributed by atoms with Crippen LogP contribution in [0.15, 0.2) is 39.8 Å². The molecule has 1 aliphatic heterocycles. The quantitative estimate of drug-likeness (QED) is 0.747. The van der Waals surface area contributed by atoms with Crippen LogP contribution in [0.5, 0.6) is 0 Å². The van der Waals surface area contributed by atoms with Gasteiger partial charge < -0.3 is 4.42 Å². The largest absolute Gasteiger partial charge is 0.423 e. The average Bonchev–Trinajstić information content (AvgIpc) is 3.25. The standard InChI is InChI=1S/C18H20N4O2/c1-2-12-5-6-14-13(9-17(23)24-16(14)8-12)10-22-7-3-4-15(22)18-19-11-20-21-18/h5-6,8-9,11,15H,2-4,7,10H2,1H3,(H,19,20,21)/t15-/m1/s1. The molecule has 3 aromatic rings. The zero-order valence-electron chi connectivity index (χ0n) is 13.7. The predicted molar refractivity (Wildman–Crippen MR) is 90.6 cm³/mol. The molecule has 1 N–H and O–H groups in total. The molecule has 6 heteroatoms. The van der Waals surface area contributed by atoms with Gasteiger partial charge in [-0.05, 0) is 43.0 Å².